The van der Waals surface area contributed by atoms with Gasteiger partial charge in [0.1, 0.15) is 6.04 Å². The van der Waals surface area contributed by atoms with Crippen LogP contribution in [-0.2, 0) is 21.4 Å². The second kappa shape index (κ2) is 9.55. The number of nitrogens with one attached hydrogen (secondary N) is 2. The minimum absolute atomic E-state index is 0.220. The lowest BCUT2D eigenvalue weighted by Gasteiger charge is -2.19. The quantitative estimate of drug-likeness (QED) is 0.664. The first-order chi connectivity index (χ1) is 12.3. The fraction of sp³-hybridized carbons (Fsp3) is 0.389. The average Bonchev–Trinajstić information content (AvgIpc) is 3.12. The third-order valence-corrected chi connectivity index (χ3v) is 7.01. The highest BCUT2D eigenvalue weighted by molar-refractivity contribution is 7.98. The Morgan fingerprint density at radius 1 is 1.27 bits per heavy atom. The molecule has 0 aliphatic carbocycles. The first-order valence-electron chi connectivity index (χ1n) is 8.22. The predicted octanol–water partition coefficient (Wildman–Crippen LogP) is 3.08. The van der Waals surface area contributed by atoms with E-state index < -0.39 is 16.1 Å². The maximum Gasteiger partial charge on any atom is 0.241 e. The maximum absolute atomic E-state index is 12.8. The number of hydrogen-bond acceptors (Lipinski definition) is 5. The lowest BCUT2D eigenvalue weighted by Crippen LogP contribution is -2.46. The molecule has 142 valence electrons. The van der Waals surface area contributed by atoms with Gasteiger partial charge >= 0.3 is 0 Å². The van der Waals surface area contributed by atoms with E-state index in [0.29, 0.717) is 24.3 Å². The van der Waals surface area contributed by atoms with Crippen molar-refractivity contribution in [3.8, 4) is 0 Å². The van der Waals surface area contributed by atoms with Gasteiger partial charge in [0.2, 0.25) is 15.9 Å². The Bertz CT molecular complexity index is 833. The minimum atomic E-state index is -3.78. The molecule has 2 aromatic rings. The normalized spacial score (nSPS) is 12.7. The number of benzene rings is 1. The van der Waals surface area contributed by atoms with Crippen molar-refractivity contribution in [2.75, 3.05) is 12.0 Å². The van der Waals surface area contributed by atoms with Crippen LogP contribution in [0.5, 0.6) is 0 Å². The molecular weight excluding hydrogens is 388 g/mol. The van der Waals surface area contributed by atoms with Crippen molar-refractivity contribution in [1.29, 1.82) is 0 Å². The largest absolute Gasteiger partial charge is 0.350 e. The van der Waals surface area contributed by atoms with Crippen LogP contribution in [0, 0.1) is 13.8 Å². The summed E-state index contributed by atoms with van der Waals surface area (Å²) < 4.78 is 28.2. The van der Waals surface area contributed by atoms with Crippen LogP contribution in [0.2, 0.25) is 0 Å². The molecule has 0 saturated heterocycles. The van der Waals surface area contributed by atoms with Crippen LogP contribution in [0.3, 0.4) is 0 Å². The van der Waals surface area contributed by atoms with E-state index in [9.17, 15) is 13.2 Å². The number of thioether (sulfide) groups is 1. The number of carbonyl (C=O) groups is 1. The number of thiophene rings is 1. The molecule has 0 aliphatic rings. The molecule has 1 aromatic carbocycles. The molecule has 1 heterocycles. The van der Waals surface area contributed by atoms with Gasteiger partial charge < -0.3 is 5.32 Å². The van der Waals surface area contributed by atoms with E-state index in [0.717, 1.165) is 10.4 Å². The third kappa shape index (κ3) is 5.84. The van der Waals surface area contributed by atoms with Crippen LogP contribution in [0.1, 0.15) is 22.4 Å². The Kier molecular flexibility index (Phi) is 7.69. The number of sulfonamides is 1. The highest BCUT2D eigenvalue weighted by Crippen LogP contribution is 2.18. The molecule has 5 nitrogen and oxygen atoms in total. The lowest BCUT2D eigenvalue weighted by atomic mass is 10.2. The SMILES string of the molecule is CSCCC(NS(=O)(=O)c1cc(C)ccc1C)C(=O)NCc1cccs1. The summed E-state index contributed by atoms with van der Waals surface area (Å²) in [7, 11) is -3.78. The number of amides is 1. The molecular formula is C18H24N2O3S3. The monoisotopic (exact) mass is 412 g/mol. The molecule has 1 atom stereocenters. The van der Waals surface area contributed by atoms with Gasteiger partial charge in [-0.1, -0.05) is 18.2 Å². The zero-order valence-electron chi connectivity index (χ0n) is 15.1. The number of carbonyl (C=O) groups excluding carboxylic acids is 1. The number of aryl methyl sites for hydroxylation is 2. The lowest BCUT2D eigenvalue weighted by molar-refractivity contribution is -0.122. The maximum atomic E-state index is 12.8. The molecule has 26 heavy (non-hydrogen) atoms. The smallest absolute Gasteiger partial charge is 0.241 e. The summed E-state index contributed by atoms with van der Waals surface area (Å²) >= 11 is 3.13. The van der Waals surface area contributed by atoms with Crippen molar-refractivity contribution in [1.82, 2.24) is 10.0 Å². The highest BCUT2D eigenvalue weighted by atomic mass is 32.2. The van der Waals surface area contributed by atoms with E-state index in [1.165, 1.54) is 0 Å². The third-order valence-electron chi connectivity index (χ3n) is 3.87. The number of hydrogen-bond donors (Lipinski definition) is 2. The molecule has 1 aromatic heterocycles. The van der Waals surface area contributed by atoms with Gasteiger partial charge in [0.25, 0.3) is 0 Å². The zero-order valence-corrected chi connectivity index (χ0v) is 17.6. The van der Waals surface area contributed by atoms with E-state index >= 15 is 0 Å². The standard InChI is InChI=1S/C18H24N2O3S3/c1-13-6-7-14(2)17(11-13)26(22,23)20-16(8-10-24-3)18(21)19-12-15-5-4-9-25-15/h4-7,9,11,16,20H,8,10,12H2,1-3H3,(H,19,21). The molecule has 1 amide bonds. The molecule has 2 N–H and O–H groups in total. The fourth-order valence-corrected chi connectivity index (χ4v) is 5.11. The van der Waals surface area contributed by atoms with Crippen molar-refractivity contribution in [2.45, 2.75) is 37.8 Å². The van der Waals surface area contributed by atoms with Crippen LogP contribution in [0.4, 0.5) is 0 Å². The van der Waals surface area contributed by atoms with E-state index in [2.05, 4.69) is 10.0 Å². The van der Waals surface area contributed by atoms with Gasteiger partial charge in [-0.25, -0.2) is 8.42 Å². The summed E-state index contributed by atoms with van der Waals surface area (Å²) in [6.07, 6.45) is 2.36. The van der Waals surface area contributed by atoms with Gasteiger partial charge in [-0.3, -0.25) is 4.79 Å². The molecule has 8 heteroatoms. The van der Waals surface area contributed by atoms with Crippen molar-refractivity contribution in [3.05, 3.63) is 51.7 Å². The Hall–Kier alpha value is -1.35. The van der Waals surface area contributed by atoms with E-state index in [1.807, 2.05) is 36.8 Å². The zero-order chi connectivity index (χ0) is 19.2. The van der Waals surface area contributed by atoms with Crippen LogP contribution in [0.15, 0.2) is 40.6 Å². The second-order valence-electron chi connectivity index (χ2n) is 6.02. The first-order valence-corrected chi connectivity index (χ1v) is 12.0. The summed E-state index contributed by atoms with van der Waals surface area (Å²) in [6, 6.07) is 8.33. The van der Waals surface area contributed by atoms with Crippen LogP contribution in [0.25, 0.3) is 0 Å². The molecule has 0 fully saturated rings. The van der Waals surface area contributed by atoms with Crippen molar-refractivity contribution in [3.63, 3.8) is 0 Å². The molecule has 2 rings (SSSR count). The van der Waals surface area contributed by atoms with Gasteiger partial charge in [-0.05, 0) is 60.9 Å². The predicted molar refractivity (Wildman–Crippen MR) is 109 cm³/mol. The van der Waals surface area contributed by atoms with Crippen molar-refractivity contribution in [2.24, 2.45) is 0 Å². The summed E-state index contributed by atoms with van der Waals surface area (Å²) in [5, 5.41) is 4.77. The Labute approximate surface area is 163 Å². The highest BCUT2D eigenvalue weighted by Gasteiger charge is 2.26. The average molecular weight is 413 g/mol. The molecule has 0 saturated carbocycles. The van der Waals surface area contributed by atoms with E-state index in [1.54, 1.807) is 42.2 Å². The van der Waals surface area contributed by atoms with Crippen LogP contribution < -0.4 is 10.0 Å². The summed E-state index contributed by atoms with van der Waals surface area (Å²) in [6.45, 7) is 4.00. The van der Waals surface area contributed by atoms with Crippen molar-refractivity contribution < 1.29 is 13.2 Å². The van der Waals surface area contributed by atoms with Gasteiger partial charge in [-0.15, -0.1) is 11.3 Å². The Balaban J connectivity index is 2.14. The molecule has 1 unspecified atom stereocenters. The van der Waals surface area contributed by atoms with Gasteiger partial charge in [0.05, 0.1) is 11.4 Å². The second-order valence-corrected chi connectivity index (χ2v) is 9.72. The molecule has 0 radical (unpaired) electrons. The molecule has 0 aliphatic heterocycles. The summed E-state index contributed by atoms with van der Waals surface area (Å²) in [4.78, 5) is 13.8. The Morgan fingerprint density at radius 3 is 2.69 bits per heavy atom. The molecule has 0 bridgehead atoms. The van der Waals surface area contributed by atoms with Gasteiger partial charge in [-0.2, -0.15) is 16.5 Å². The number of rotatable bonds is 9. The van der Waals surface area contributed by atoms with E-state index in [-0.39, 0.29) is 10.8 Å². The van der Waals surface area contributed by atoms with Gasteiger partial charge in [0, 0.05) is 4.88 Å². The van der Waals surface area contributed by atoms with Crippen LogP contribution in [-0.4, -0.2) is 32.4 Å². The minimum Gasteiger partial charge on any atom is -0.350 e. The topological polar surface area (TPSA) is 75.3 Å². The van der Waals surface area contributed by atoms with Gasteiger partial charge in [0.15, 0.2) is 0 Å². The van der Waals surface area contributed by atoms with Crippen molar-refractivity contribution >= 4 is 39.0 Å². The summed E-state index contributed by atoms with van der Waals surface area (Å²) in [5.41, 5.74) is 1.52. The summed E-state index contributed by atoms with van der Waals surface area (Å²) in [5.74, 6) is 0.383. The fourth-order valence-electron chi connectivity index (χ4n) is 2.44. The first kappa shape index (κ1) is 21.0. The van der Waals surface area contributed by atoms with E-state index in [4.69, 9.17) is 0 Å². The Morgan fingerprint density at radius 2 is 2.04 bits per heavy atom. The van der Waals surface area contributed by atoms with Crippen LogP contribution >= 0.6 is 23.1 Å². The molecule has 0 spiro atoms.